The van der Waals surface area contributed by atoms with E-state index in [0.717, 1.165) is 53.0 Å². The molecule has 2 aromatic rings. The van der Waals surface area contributed by atoms with Gasteiger partial charge < -0.3 is 10.0 Å². The van der Waals surface area contributed by atoms with Gasteiger partial charge in [-0.3, -0.25) is 4.79 Å². The van der Waals surface area contributed by atoms with Gasteiger partial charge in [-0.25, -0.2) is 4.79 Å². The molecule has 1 N–H and O–H groups in total. The van der Waals surface area contributed by atoms with Crippen LogP contribution in [0.4, 0.5) is 5.69 Å². The summed E-state index contributed by atoms with van der Waals surface area (Å²) in [5, 5.41) is 9.00. The van der Waals surface area contributed by atoms with Crippen molar-refractivity contribution in [3.8, 4) is 0 Å². The number of unbranched alkanes of at least 4 members (excludes halogenated alkanes) is 1. The van der Waals surface area contributed by atoms with Gasteiger partial charge in [-0.05, 0) is 83.6 Å². The summed E-state index contributed by atoms with van der Waals surface area (Å²) < 4.78 is 0. The van der Waals surface area contributed by atoms with Gasteiger partial charge in [-0.15, -0.1) is 0 Å². The maximum atomic E-state index is 11.8. The Bertz CT molecular complexity index is 1270. The van der Waals surface area contributed by atoms with Crippen LogP contribution in [0.1, 0.15) is 84.9 Å². The van der Waals surface area contributed by atoms with E-state index < -0.39 is 16.6 Å². The number of aryl methyl sites for hydroxylation is 1. The summed E-state index contributed by atoms with van der Waals surface area (Å²) in [6.45, 7) is 17.8. The van der Waals surface area contributed by atoms with E-state index in [9.17, 15) is 14.7 Å². The molecule has 0 saturated heterocycles. The molecule has 0 saturated carbocycles. The molecule has 4 nitrogen and oxygen atoms in total. The Labute approximate surface area is 220 Å². The lowest BCUT2D eigenvalue weighted by molar-refractivity contribution is 0.0696. The highest BCUT2D eigenvalue weighted by Crippen LogP contribution is 2.48. The number of halogens is 1. The number of hydrogen-bond acceptors (Lipinski definition) is 3. The van der Waals surface area contributed by atoms with Crippen LogP contribution in [0.3, 0.4) is 0 Å². The van der Waals surface area contributed by atoms with E-state index in [-0.39, 0.29) is 11.0 Å². The predicted octanol–water partition coefficient (Wildman–Crippen LogP) is 7.94. The molecule has 5 heteroatoms. The van der Waals surface area contributed by atoms with Crippen LogP contribution in [0.5, 0.6) is 0 Å². The molecule has 1 aliphatic rings. The Morgan fingerprint density at radius 2 is 1.81 bits per heavy atom. The fraction of sp³-hybridized carbons (Fsp3) is 0.355. The van der Waals surface area contributed by atoms with Gasteiger partial charge >= 0.3 is 5.97 Å². The number of fused-ring (bicyclic) bond motifs is 1. The molecule has 0 aromatic heterocycles. The fourth-order valence-electron chi connectivity index (χ4n) is 4.92. The van der Waals surface area contributed by atoms with Crippen molar-refractivity contribution in [2.24, 2.45) is 0 Å². The molecule has 36 heavy (non-hydrogen) atoms. The molecular formula is C31H36ClNO3. The van der Waals surface area contributed by atoms with Crippen molar-refractivity contribution in [2.75, 3.05) is 11.4 Å². The van der Waals surface area contributed by atoms with E-state index in [4.69, 9.17) is 11.6 Å². The van der Waals surface area contributed by atoms with E-state index in [0.29, 0.717) is 5.56 Å². The summed E-state index contributed by atoms with van der Waals surface area (Å²) in [6.07, 6.45) is 8.28. The van der Waals surface area contributed by atoms with Crippen molar-refractivity contribution in [3.05, 3.63) is 100 Å². The average Bonchev–Trinajstić information content (AvgIpc) is 3.03. The van der Waals surface area contributed by atoms with Crippen LogP contribution in [0.15, 0.2) is 72.5 Å². The summed E-state index contributed by atoms with van der Waals surface area (Å²) in [4.78, 5) is 25.7. The van der Waals surface area contributed by atoms with Crippen molar-refractivity contribution in [3.63, 3.8) is 0 Å². The van der Waals surface area contributed by atoms with Gasteiger partial charge in [0.2, 0.25) is 0 Å². The average molecular weight is 506 g/mol. The first-order valence-electron chi connectivity index (χ1n) is 12.4. The molecule has 0 amide bonds. The van der Waals surface area contributed by atoms with Crippen LogP contribution >= 0.6 is 11.6 Å². The number of benzene rings is 2. The minimum atomic E-state index is -0.938. The van der Waals surface area contributed by atoms with Crippen LogP contribution in [0.2, 0.25) is 0 Å². The molecular weight excluding hydrogens is 470 g/mol. The predicted molar refractivity (Wildman–Crippen MR) is 149 cm³/mol. The monoisotopic (exact) mass is 505 g/mol. The first kappa shape index (κ1) is 27.5. The normalized spacial score (nSPS) is 16.0. The number of rotatable bonds is 9. The molecule has 0 radical (unpaired) electrons. The third kappa shape index (κ3) is 5.19. The van der Waals surface area contributed by atoms with Crippen molar-refractivity contribution < 1.29 is 14.7 Å². The molecule has 0 unspecified atom stereocenters. The maximum absolute atomic E-state index is 11.8. The number of carboxylic acids is 1. The third-order valence-electron chi connectivity index (χ3n) is 7.37. The maximum Gasteiger partial charge on any atom is 0.335 e. The quantitative estimate of drug-likeness (QED) is 0.277. The van der Waals surface area contributed by atoms with E-state index >= 15 is 0 Å². The summed E-state index contributed by atoms with van der Waals surface area (Å²) in [5.41, 5.74) is 6.22. The lowest BCUT2D eigenvalue weighted by Gasteiger charge is -2.29. The van der Waals surface area contributed by atoms with E-state index in [2.05, 4.69) is 52.2 Å². The Morgan fingerprint density at radius 1 is 1.14 bits per heavy atom. The lowest BCUT2D eigenvalue weighted by Crippen LogP contribution is -2.27. The summed E-state index contributed by atoms with van der Waals surface area (Å²) in [7, 11) is 0. The smallest absolute Gasteiger partial charge is 0.335 e. The minimum Gasteiger partial charge on any atom is -0.478 e. The number of carbonyl (C=O) groups is 2. The highest BCUT2D eigenvalue weighted by Gasteiger charge is 2.40. The highest BCUT2D eigenvalue weighted by molar-refractivity contribution is 6.67. The number of aromatic carboxylic acids is 1. The van der Waals surface area contributed by atoms with Crippen molar-refractivity contribution in [1.29, 1.82) is 0 Å². The molecule has 0 aliphatic carbocycles. The third-order valence-corrected chi connectivity index (χ3v) is 7.58. The van der Waals surface area contributed by atoms with Crippen molar-refractivity contribution in [2.45, 2.75) is 65.2 Å². The van der Waals surface area contributed by atoms with Gasteiger partial charge in [0.25, 0.3) is 5.24 Å². The molecule has 0 fully saturated rings. The van der Waals surface area contributed by atoms with Crippen LogP contribution in [0.25, 0.3) is 0 Å². The summed E-state index contributed by atoms with van der Waals surface area (Å²) >= 11 is 5.78. The Balaban J connectivity index is 1.97. The largest absolute Gasteiger partial charge is 0.478 e. The molecule has 2 aromatic carbocycles. The van der Waals surface area contributed by atoms with E-state index in [1.165, 1.54) is 0 Å². The first-order chi connectivity index (χ1) is 16.8. The molecule has 1 aliphatic heterocycles. The second kappa shape index (κ2) is 10.5. The zero-order chi connectivity index (χ0) is 26.8. The summed E-state index contributed by atoms with van der Waals surface area (Å²) in [6, 6.07) is 10.9. The highest BCUT2D eigenvalue weighted by atomic mass is 35.5. The van der Waals surface area contributed by atoms with Crippen LogP contribution in [0, 0.1) is 6.92 Å². The number of anilines is 1. The molecule has 3 rings (SSSR count). The number of allylic oxidation sites excluding steroid dienone is 5. The molecule has 0 atom stereocenters. The first-order valence-corrected chi connectivity index (χ1v) is 12.7. The van der Waals surface area contributed by atoms with Gasteiger partial charge in [-0.1, -0.05) is 65.8 Å². The fourth-order valence-corrected chi connectivity index (χ4v) is 5.04. The number of carbonyl (C=O) groups excluding carboxylic acids is 1. The van der Waals surface area contributed by atoms with Crippen molar-refractivity contribution >= 4 is 28.5 Å². The zero-order valence-electron chi connectivity index (χ0n) is 22.1. The lowest BCUT2D eigenvalue weighted by atomic mass is 9.75. The van der Waals surface area contributed by atoms with Crippen LogP contribution < -0.4 is 4.90 Å². The number of carboxylic acid groups (broad SMARTS) is 1. The molecule has 1 heterocycles. The SMILES string of the molecule is C=C(/C=C/C=C1/N(CCCC)c2ccc(C(=O)Cl)cc2C1(C)C)C(C)(C)c1cc(C(=O)O)ccc1C. The zero-order valence-corrected chi connectivity index (χ0v) is 22.9. The van der Waals surface area contributed by atoms with Crippen LogP contribution in [-0.4, -0.2) is 22.9 Å². The Kier molecular flexibility index (Phi) is 8.00. The second-order valence-electron chi connectivity index (χ2n) is 10.5. The van der Waals surface area contributed by atoms with Crippen LogP contribution in [-0.2, 0) is 10.8 Å². The number of nitrogens with zero attached hydrogens (tertiary/aromatic N) is 1. The minimum absolute atomic E-state index is 0.273. The van der Waals surface area contributed by atoms with Gasteiger partial charge in [0, 0.05) is 34.3 Å². The topological polar surface area (TPSA) is 57.6 Å². The van der Waals surface area contributed by atoms with Gasteiger partial charge in [0.05, 0.1) is 5.56 Å². The number of hydrogen-bond donors (Lipinski definition) is 1. The Hall–Kier alpha value is -3.11. The van der Waals surface area contributed by atoms with Crippen molar-refractivity contribution in [1.82, 2.24) is 0 Å². The van der Waals surface area contributed by atoms with E-state index in [1.807, 2.05) is 37.3 Å². The van der Waals surface area contributed by atoms with Gasteiger partial charge in [0.1, 0.15) is 0 Å². The molecule has 0 spiro atoms. The Morgan fingerprint density at radius 3 is 2.42 bits per heavy atom. The standard InChI is InChI=1S/C31H36ClNO3/c1-8-9-17-33-26-16-15-22(28(32)34)18-25(26)31(6,7)27(33)12-10-11-21(3)30(4,5)24-19-23(29(35)36)14-13-20(24)2/h10-16,18-19H,3,8-9,17H2,1-2,4-7H3,(H,35,36)/b11-10+,27-12+. The van der Waals surface area contributed by atoms with Gasteiger partial charge in [0.15, 0.2) is 0 Å². The summed E-state index contributed by atoms with van der Waals surface area (Å²) in [5.74, 6) is -0.938. The molecule has 0 bridgehead atoms. The van der Waals surface area contributed by atoms with Gasteiger partial charge in [-0.2, -0.15) is 0 Å². The second-order valence-corrected chi connectivity index (χ2v) is 10.9. The molecule has 190 valence electrons. The van der Waals surface area contributed by atoms with E-state index in [1.54, 1.807) is 18.2 Å².